The average Bonchev–Trinajstić information content (AvgIpc) is 2.09. The number of amides is 1. The topological polar surface area (TPSA) is 54.9 Å². The first-order valence-corrected chi connectivity index (χ1v) is 4.56. The van der Waals surface area contributed by atoms with E-state index in [0.29, 0.717) is 6.54 Å². The molecule has 1 amide bonds. The van der Waals surface area contributed by atoms with Crippen molar-refractivity contribution in [2.45, 2.75) is 34.2 Å². The van der Waals surface area contributed by atoms with Gasteiger partial charge in [-0.25, -0.2) is 0 Å². The first kappa shape index (κ1) is 10.6. The van der Waals surface area contributed by atoms with Crippen LogP contribution < -0.4 is 5.32 Å². The van der Waals surface area contributed by atoms with Gasteiger partial charge in [0.25, 0.3) is 0 Å². The Morgan fingerprint density at radius 3 is 2.29 bits per heavy atom. The molecule has 0 spiro atoms. The van der Waals surface area contributed by atoms with Crippen LogP contribution in [-0.4, -0.2) is 15.9 Å². The molecule has 0 aliphatic rings. The number of hydrogen-bond donors (Lipinski definition) is 1. The van der Waals surface area contributed by atoms with Crippen LogP contribution in [0.1, 0.15) is 29.7 Å². The largest absolute Gasteiger partial charge is 0.351 e. The maximum atomic E-state index is 10.7. The highest BCUT2D eigenvalue weighted by Crippen LogP contribution is 2.06. The number of aromatic nitrogens is 2. The lowest BCUT2D eigenvalue weighted by Gasteiger charge is -2.07. The molecule has 0 fully saturated rings. The maximum Gasteiger partial charge on any atom is 0.217 e. The van der Waals surface area contributed by atoms with Gasteiger partial charge in [-0.1, -0.05) is 0 Å². The second-order valence-corrected chi connectivity index (χ2v) is 3.34. The number of nitrogens with zero attached hydrogens (tertiary/aromatic N) is 2. The molecule has 1 aromatic heterocycles. The lowest BCUT2D eigenvalue weighted by Crippen LogP contribution is -2.21. The van der Waals surface area contributed by atoms with Gasteiger partial charge in [0.15, 0.2) is 0 Å². The third kappa shape index (κ3) is 2.52. The van der Waals surface area contributed by atoms with E-state index in [-0.39, 0.29) is 5.91 Å². The molecule has 0 radical (unpaired) electrons. The quantitative estimate of drug-likeness (QED) is 0.763. The fourth-order valence-corrected chi connectivity index (χ4v) is 1.14. The smallest absolute Gasteiger partial charge is 0.217 e. The van der Waals surface area contributed by atoms with Crippen molar-refractivity contribution in [2.75, 3.05) is 0 Å². The Morgan fingerprint density at radius 1 is 1.14 bits per heavy atom. The average molecular weight is 193 g/mol. The third-order valence-corrected chi connectivity index (χ3v) is 2.08. The summed E-state index contributed by atoms with van der Waals surface area (Å²) in [6.07, 6.45) is 0. The molecule has 4 nitrogen and oxygen atoms in total. The summed E-state index contributed by atoms with van der Waals surface area (Å²) in [6.45, 7) is 7.69. The SMILES string of the molecule is CC(=O)NCc1nc(C)c(C)nc1C. The van der Waals surface area contributed by atoms with Gasteiger partial charge in [-0.05, 0) is 20.8 Å². The Balaban J connectivity index is 2.87. The summed E-state index contributed by atoms with van der Waals surface area (Å²) in [4.78, 5) is 19.4. The highest BCUT2D eigenvalue weighted by Gasteiger charge is 2.05. The van der Waals surface area contributed by atoms with E-state index >= 15 is 0 Å². The van der Waals surface area contributed by atoms with Crippen molar-refractivity contribution in [3.63, 3.8) is 0 Å². The van der Waals surface area contributed by atoms with Crippen molar-refractivity contribution in [1.29, 1.82) is 0 Å². The van der Waals surface area contributed by atoms with Gasteiger partial charge in [-0.2, -0.15) is 0 Å². The van der Waals surface area contributed by atoms with Gasteiger partial charge in [-0.3, -0.25) is 14.8 Å². The van der Waals surface area contributed by atoms with Crippen LogP contribution in [0.3, 0.4) is 0 Å². The van der Waals surface area contributed by atoms with Crippen molar-refractivity contribution >= 4 is 5.91 Å². The number of carbonyl (C=O) groups excluding carboxylic acids is 1. The van der Waals surface area contributed by atoms with Gasteiger partial charge < -0.3 is 5.32 Å². The molecule has 0 atom stereocenters. The normalized spacial score (nSPS) is 10.0. The van der Waals surface area contributed by atoms with Crippen molar-refractivity contribution in [2.24, 2.45) is 0 Å². The van der Waals surface area contributed by atoms with Gasteiger partial charge in [-0.15, -0.1) is 0 Å². The van der Waals surface area contributed by atoms with Crippen LogP contribution in [0.25, 0.3) is 0 Å². The van der Waals surface area contributed by atoms with Crippen LogP contribution in [-0.2, 0) is 11.3 Å². The number of carbonyl (C=O) groups is 1. The lowest BCUT2D eigenvalue weighted by molar-refractivity contribution is -0.119. The molecule has 1 N–H and O–H groups in total. The second kappa shape index (κ2) is 4.17. The molecule has 1 heterocycles. The minimum Gasteiger partial charge on any atom is -0.351 e. The maximum absolute atomic E-state index is 10.7. The van der Waals surface area contributed by atoms with Gasteiger partial charge in [0, 0.05) is 6.92 Å². The Bertz CT molecular complexity index is 361. The first-order chi connectivity index (χ1) is 6.50. The monoisotopic (exact) mass is 193 g/mol. The fourth-order valence-electron chi connectivity index (χ4n) is 1.14. The summed E-state index contributed by atoms with van der Waals surface area (Å²) < 4.78 is 0. The van der Waals surface area contributed by atoms with Crippen LogP contribution in [0.4, 0.5) is 0 Å². The molecule has 76 valence electrons. The molecule has 0 aliphatic carbocycles. The molecular formula is C10H15N3O. The zero-order valence-electron chi connectivity index (χ0n) is 9.01. The molecule has 0 bridgehead atoms. The number of hydrogen-bond acceptors (Lipinski definition) is 3. The minimum atomic E-state index is -0.0515. The van der Waals surface area contributed by atoms with E-state index in [1.807, 2.05) is 20.8 Å². The van der Waals surface area contributed by atoms with Crippen LogP contribution in [0, 0.1) is 20.8 Å². The summed E-state index contributed by atoms with van der Waals surface area (Å²) in [5.41, 5.74) is 3.56. The van der Waals surface area contributed by atoms with Crippen LogP contribution in [0.15, 0.2) is 0 Å². The zero-order chi connectivity index (χ0) is 10.7. The van der Waals surface area contributed by atoms with Gasteiger partial charge >= 0.3 is 0 Å². The predicted molar refractivity (Wildman–Crippen MR) is 53.8 cm³/mol. The van der Waals surface area contributed by atoms with Crippen molar-refractivity contribution in [3.05, 3.63) is 22.8 Å². The summed E-state index contributed by atoms with van der Waals surface area (Å²) in [5, 5.41) is 2.71. The Labute approximate surface area is 83.8 Å². The molecule has 4 heteroatoms. The molecule has 1 aromatic rings. The molecule has 0 aromatic carbocycles. The van der Waals surface area contributed by atoms with Crippen molar-refractivity contribution in [1.82, 2.24) is 15.3 Å². The van der Waals surface area contributed by atoms with Gasteiger partial charge in [0.2, 0.25) is 5.91 Å². The standard InChI is InChI=1S/C10H15N3O/c1-6-7(2)13-10(8(3)12-6)5-11-9(4)14/h5H2,1-4H3,(H,11,14). The third-order valence-electron chi connectivity index (χ3n) is 2.08. The Hall–Kier alpha value is -1.45. The van der Waals surface area contributed by atoms with E-state index in [2.05, 4.69) is 15.3 Å². The molecule has 0 aliphatic heterocycles. The number of nitrogens with one attached hydrogen (secondary N) is 1. The van der Waals surface area contributed by atoms with Crippen LogP contribution >= 0.6 is 0 Å². The van der Waals surface area contributed by atoms with E-state index in [4.69, 9.17) is 0 Å². The van der Waals surface area contributed by atoms with Gasteiger partial charge in [0.05, 0.1) is 29.3 Å². The summed E-state index contributed by atoms with van der Waals surface area (Å²) in [7, 11) is 0. The number of aryl methyl sites for hydroxylation is 3. The zero-order valence-corrected chi connectivity index (χ0v) is 9.01. The van der Waals surface area contributed by atoms with Crippen LogP contribution in [0.5, 0.6) is 0 Å². The second-order valence-electron chi connectivity index (χ2n) is 3.34. The van der Waals surface area contributed by atoms with E-state index < -0.39 is 0 Å². The molecule has 0 unspecified atom stereocenters. The molecule has 14 heavy (non-hydrogen) atoms. The van der Waals surface area contributed by atoms with E-state index in [1.54, 1.807) is 0 Å². The van der Waals surface area contributed by atoms with Crippen molar-refractivity contribution in [3.8, 4) is 0 Å². The summed E-state index contributed by atoms with van der Waals surface area (Å²) in [5.74, 6) is -0.0515. The van der Waals surface area contributed by atoms with Gasteiger partial charge in [0.1, 0.15) is 0 Å². The van der Waals surface area contributed by atoms with Crippen LogP contribution in [0.2, 0.25) is 0 Å². The fraction of sp³-hybridized carbons (Fsp3) is 0.500. The Morgan fingerprint density at radius 2 is 1.71 bits per heavy atom. The number of rotatable bonds is 2. The minimum absolute atomic E-state index is 0.0515. The van der Waals surface area contributed by atoms with E-state index in [9.17, 15) is 4.79 Å². The van der Waals surface area contributed by atoms with E-state index in [0.717, 1.165) is 22.8 Å². The predicted octanol–water partition coefficient (Wildman–Crippen LogP) is 1.04. The highest BCUT2D eigenvalue weighted by molar-refractivity contribution is 5.72. The Kier molecular flexibility index (Phi) is 3.17. The first-order valence-electron chi connectivity index (χ1n) is 4.56. The summed E-state index contributed by atoms with van der Waals surface area (Å²) >= 11 is 0. The molecule has 1 rings (SSSR count). The highest BCUT2D eigenvalue weighted by atomic mass is 16.1. The lowest BCUT2D eigenvalue weighted by atomic mass is 10.2. The molecular weight excluding hydrogens is 178 g/mol. The molecule has 0 saturated carbocycles. The van der Waals surface area contributed by atoms with Crippen molar-refractivity contribution < 1.29 is 4.79 Å². The molecule has 0 saturated heterocycles. The van der Waals surface area contributed by atoms with E-state index in [1.165, 1.54) is 6.92 Å². The summed E-state index contributed by atoms with van der Waals surface area (Å²) in [6, 6.07) is 0.